The van der Waals surface area contributed by atoms with Crippen molar-refractivity contribution >= 4 is 33.5 Å². The van der Waals surface area contributed by atoms with E-state index in [1.54, 1.807) is 12.1 Å². The standard InChI is InChI=1S/C16H14O6S2/c1-21-11-5-3-9(15(17)18)7-13(11)23-24-14-8-10(16(19)20)4-6-12(14)22-2/h3-8H,1-2H3,(H,17,18)(H,19,20). The molecule has 0 atom stereocenters. The minimum Gasteiger partial charge on any atom is -0.496 e. The molecule has 0 spiro atoms. The second-order valence-corrected chi connectivity index (χ2v) is 6.72. The van der Waals surface area contributed by atoms with E-state index in [-0.39, 0.29) is 11.1 Å². The van der Waals surface area contributed by atoms with Gasteiger partial charge in [-0.25, -0.2) is 9.59 Å². The fraction of sp³-hybridized carbons (Fsp3) is 0.125. The van der Waals surface area contributed by atoms with Gasteiger partial charge >= 0.3 is 11.9 Å². The summed E-state index contributed by atoms with van der Waals surface area (Å²) in [5.41, 5.74) is 0.287. The van der Waals surface area contributed by atoms with E-state index in [4.69, 9.17) is 19.7 Å². The first-order valence-electron chi connectivity index (χ1n) is 6.63. The van der Waals surface area contributed by atoms with Crippen LogP contribution in [0, 0.1) is 0 Å². The van der Waals surface area contributed by atoms with E-state index >= 15 is 0 Å². The van der Waals surface area contributed by atoms with Crippen LogP contribution in [0.3, 0.4) is 0 Å². The number of hydrogen-bond donors (Lipinski definition) is 2. The molecule has 0 saturated carbocycles. The molecule has 0 heterocycles. The van der Waals surface area contributed by atoms with Crippen molar-refractivity contribution in [2.45, 2.75) is 9.79 Å². The Morgan fingerprint density at radius 2 is 1.17 bits per heavy atom. The van der Waals surface area contributed by atoms with Crippen LogP contribution in [0.15, 0.2) is 46.2 Å². The van der Waals surface area contributed by atoms with E-state index in [2.05, 4.69) is 0 Å². The Morgan fingerprint density at radius 1 is 0.792 bits per heavy atom. The molecule has 0 aliphatic heterocycles. The first-order valence-corrected chi connectivity index (χ1v) is 8.78. The molecular weight excluding hydrogens is 352 g/mol. The van der Waals surface area contributed by atoms with Crippen molar-refractivity contribution in [3.05, 3.63) is 47.5 Å². The highest BCUT2D eigenvalue weighted by molar-refractivity contribution is 8.76. The van der Waals surface area contributed by atoms with Crippen LogP contribution < -0.4 is 9.47 Å². The van der Waals surface area contributed by atoms with Crippen molar-refractivity contribution in [3.63, 3.8) is 0 Å². The lowest BCUT2D eigenvalue weighted by Gasteiger charge is -2.11. The van der Waals surface area contributed by atoms with Crippen LogP contribution in [-0.4, -0.2) is 36.4 Å². The highest BCUT2D eigenvalue weighted by Crippen LogP contribution is 2.45. The summed E-state index contributed by atoms with van der Waals surface area (Å²) in [6.07, 6.45) is 0. The maximum Gasteiger partial charge on any atom is 0.335 e. The monoisotopic (exact) mass is 366 g/mol. The van der Waals surface area contributed by atoms with Gasteiger partial charge in [0.25, 0.3) is 0 Å². The quantitative estimate of drug-likeness (QED) is 0.713. The fourth-order valence-electron chi connectivity index (χ4n) is 1.84. The number of methoxy groups -OCH3 is 2. The minimum atomic E-state index is -1.03. The second kappa shape index (κ2) is 7.98. The van der Waals surface area contributed by atoms with E-state index in [1.807, 2.05) is 0 Å². The summed E-state index contributed by atoms with van der Waals surface area (Å²) in [5.74, 6) is -0.998. The molecule has 2 aromatic rings. The summed E-state index contributed by atoms with van der Waals surface area (Å²) in [4.78, 5) is 23.4. The molecule has 0 saturated heterocycles. The van der Waals surface area contributed by atoms with Gasteiger partial charge in [-0.3, -0.25) is 0 Å². The normalized spacial score (nSPS) is 10.2. The first-order chi connectivity index (χ1) is 11.5. The average molecular weight is 366 g/mol. The predicted molar refractivity (Wildman–Crippen MR) is 91.6 cm³/mol. The molecule has 126 valence electrons. The molecule has 0 amide bonds. The molecular formula is C16H14O6S2. The summed E-state index contributed by atoms with van der Waals surface area (Å²) in [5, 5.41) is 18.2. The number of carbonyl (C=O) groups is 2. The van der Waals surface area contributed by atoms with Gasteiger partial charge in [0.05, 0.1) is 35.1 Å². The average Bonchev–Trinajstić information content (AvgIpc) is 2.59. The zero-order valence-electron chi connectivity index (χ0n) is 12.8. The zero-order valence-corrected chi connectivity index (χ0v) is 14.4. The summed E-state index contributed by atoms with van der Waals surface area (Å²) >= 11 is 0. The van der Waals surface area contributed by atoms with Crippen molar-refractivity contribution in [2.75, 3.05) is 14.2 Å². The molecule has 0 fully saturated rings. The van der Waals surface area contributed by atoms with E-state index in [9.17, 15) is 9.59 Å². The van der Waals surface area contributed by atoms with E-state index < -0.39 is 11.9 Å². The summed E-state index contributed by atoms with van der Waals surface area (Å²) < 4.78 is 10.5. The zero-order chi connectivity index (χ0) is 17.7. The van der Waals surface area contributed by atoms with Gasteiger partial charge in [-0.2, -0.15) is 0 Å². The van der Waals surface area contributed by atoms with Gasteiger partial charge in [0, 0.05) is 0 Å². The molecule has 0 aliphatic rings. The lowest BCUT2D eigenvalue weighted by molar-refractivity contribution is 0.0685. The minimum absolute atomic E-state index is 0.144. The van der Waals surface area contributed by atoms with Gasteiger partial charge in [0.1, 0.15) is 11.5 Å². The maximum atomic E-state index is 11.1. The number of rotatable bonds is 7. The Labute approximate surface area is 146 Å². The Bertz CT molecular complexity index is 710. The largest absolute Gasteiger partial charge is 0.496 e. The van der Waals surface area contributed by atoms with Crippen LogP contribution in [0.4, 0.5) is 0 Å². The fourth-order valence-corrected chi connectivity index (χ4v) is 4.16. The number of hydrogen-bond acceptors (Lipinski definition) is 6. The van der Waals surface area contributed by atoms with Crippen molar-refractivity contribution < 1.29 is 29.3 Å². The molecule has 0 unspecified atom stereocenters. The van der Waals surface area contributed by atoms with Crippen molar-refractivity contribution in [1.29, 1.82) is 0 Å². The third kappa shape index (κ3) is 4.15. The Kier molecular flexibility index (Phi) is 5.99. The number of aromatic carboxylic acids is 2. The van der Waals surface area contributed by atoms with Crippen LogP contribution in [0.1, 0.15) is 20.7 Å². The Balaban J connectivity index is 2.30. The number of carboxylic acid groups (broad SMARTS) is 2. The Morgan fingerprint density at radius 3 is 1.46 bits per heavy atom. The first kappa shape index (κ1) is 18.0. The van der Waals surface area contributed by atoms with Crippen molar-refractivity contribution in [2.24, 2.45) is 0 Å². The van der Waals surface area contributed by atoms with E-state index in [0.717, 1.165) is 0 Å². The third-order valence-corrected chi connectivity index (χ3v) is 5.45. The molecule has 0 aromatic heterocycles. The van der Waals surface area contributed by atoms with Gasteiger partial charge in [-0.15, -0.1) is 0 Å². The van der Waals surface area contributed by atoms with Crippen molar-refractivity contribution in [1.82, 2.24) is 0 Å². The SMILES string of the molecule is COc1ccc(C(=O)O)cc1SSc1cc(C(=O)O)ccc1OC. The molecule has 24 heavy (non-hydrogen) atoms. The van der Waals surface area contributed by atoms with Gasteiger partial charge in [-0.1, -0.05) is 0 Å². The van der Waals surface area contributed by atoms with E-state index in [1.165, 1.54) is 60.1 Å². The van der Waals surface area contributed by atoms with Crippen LogP contribution in [0.5, 0.6) is 11.5 Å². The summed E-state index contributed by atoms with van der Waals surface area (Å²) in [6, 6.07) is 9.09. The Hall–Kier alpha value is -2.32. The molecule has 8 heteroatoms. The second-order valence-electron chi connectivity index (χ2n) is 4.51. The maximum absolute atomic E-state index is 11.1. The van der Waals surface area contributed by atoms with Gasteiger partial charge in [-0.05, 0) is 58.0 Å². The highest BCUT2D eigenvalue weighted by atomic mass is 33.1. The van der Waals surface area contributed by atoms with Crippen molar-refractivity contribution in [3.8, 4) is 11.5 Å². The molecule has 6 nitrogen and oxygen atoms in total. The molecule has 2 aromatic carbocycles. The highest BCUT2D eigenvalue weighted by Gasteiger charge is 2.14. The predicted octanol–water partition coefficient (Wildman–Crippen LogP) is 3.90. The third-order valence-electron chi connectivity index (χ3n) is 3.04. The lowest BCUT2D eigenvalue weighted by Crippen LogP contribution is -1.97. The number of benzene rings is 2. The van der Waals surface area contributed by atoms with Gasteiger partial charge in [0.15, 0.2) is 0 Å². The molecule has 0 bridgehead atoms. The molecule has 0 aliphatic carbocycles. The summed E-state index contributed by atoms with van der Waals surface area (Å²) in [7, 11) is 5.52. The lowest BCUT2D eigenvalue weighted by atomic mass is 10.2. The van der Waals surface area contributed by atoms with Crippen LogP contribution in [0.25, 0.3) is 0 Å². The van der Waals surface area contributed by atoms with Gasteiger partial charge < -0.3 is 19.7 Å². The smallest absolute Gasteiger partial charge is 0.335 e. The van der Waals surface area contributed by atoms with Crippen LogP contribution in [0.2, 0.25) is 0 Å². The summed E-state index contributed by atoms with van der Waals surface area (Å²) in [6.45, 7) is 0. The van der Waals surface area contributed by atoms with Gasteiger partial charge in [0.2, 0.25) is 0 Å². The number of carboxylic acids is 2. The van der Waals surface area contributed by atoms with Crippen LogP contribution in [-0.2, 0) is 0 Å². The topological polar surface area (TPSA) is 93.1 Å². The molecule has 2 N–H and O–H groups in total. The van der Waals surface area contributed by atoms with E-state index in [0.29, 0.717) is 21.3 Å². The number of ether oxygens (including phenoxy) is 2. The molecule has 2 rings (SSSR count). The van der Waals surface area contributed by atoms with Crippen LogP contribution >= 0.6 is 21.6 Å². The molecule has 0 radical (unpaired) electrons.